The van der Waals surface area contributed by atoms with E-state index in [0.717, 1.165) is 18.4 Å². The van der Waals surface area contributed by atoms with Gasteiger partial charge in [0.15, 0.2) is 5.78 Å². The first kappa shape index (κ1) is 13.9. The predicted octanol–water partition coefficient (Wildman–Crippen LogP) is 5.40. The number of carbonyl (C=O) groups excluding carboxylic acids is 1. The zero-order chi connectivity index (χ0) is 13.8. The maximum absolute atomic E-state index is 13.2. The highest BCUT2D eigenvalue weighted by Gasteiger charge is 2.45. The molecule has 20 heavy (non-hydrogen) atoms. The van der Waals surface area contributed by atoms with Crippen LogP contribution < -0.4 is 0 Å². The molecule has 0 radical (unpaired) electrons. The minimum atomic E-state index is -0.0278. The summed E-state index contributed by atoms with van der Waals surface area (Å²) in [6.45, 7) is 0. The third-order valence-electron chi connectivity index (χ3n) is 5.62. The van der Waals surface area contributed by atoms with Crippen LogP contribution in [0.2, 0.25) is 0 Å². The molecule has 1 nitrogen and oxygen atoms in total. The lowest BCUT2D eigenvalue weighted by molar-refractivity contribution is 0.0439. The number of carbonyl (C=O) groups is 1. The average Bonchev–Trinajstić information content (AvgIpc) is 2.56. The number of Topliss-reactive ketones (excluding diaryl/α,β-unsaturated/α-hetero) is 1. The second-order valence-corrected chi connectivity index (χ2v) is 6.75. The van der Waals surface area contributed by atoms with Gasteiger partial charge in [-0.2, -0.15) is 0 Å². The molecule has 2 saturated carbocycles. The number of benzene rings is 1. The van der Waals surface area contributed by atoms with Crippen molar-refractivity contribution < 1.29 is 4.79 Å². The Morgan fingerprint density at radius 1 is 0.850 bits per heavy atom. The molecule has 1 aromatic carbocycles. The Labute approximate surface area is 122 Å². The lowest BCUT2D eigenvalue weighted by Gasteiger charge is -2.44. The highest BCUT2D eigenvalue weighted by Crippen LogP contribution is 2.50. The zero-order valence-corrected chi connectivity index (χ0v) is 12.4. The molecule has 2 aliphatic carbocycles. The molecule has 1 aromatic rings. The van der Waals surface area contributed by atoms with E-state index in [4.69, 9.17) is 0 Å². The highest BCUT2D eigenvalue weighted by molar-refractivity contribution is 6.00. The SMILES string of the molecule is O=C(c1ccccc1)C1(C2CCCCC2)CCCCC1. The van der Waals surface area contributed by atoms with E-state index in [9.17, 15) is 4.79 Å². The van der Waals surface area contributed by atoms with Crippen LogP contribution in [0.5, 0.6) is 0 Å². The summed E-state index contributed by atoms with van der Waals surface area (Å²) in [6.07, 6.45) is 12.6. The summed E-state index contributed by atoms with van der Waals surface area (Å²) in [6, 6.07) is 10.0. The quantitative estimate of drug-likeness (QED) is 0.672. The number of hydrogen-bond acceptors (Lipinski definition) is 1. The largest absolute Gasteiger partial charge is 0.294 e. The summed E-state index contributed by atoms with van der Waals surface area (Å²) < 4.78 is 0. The molecule has 0 amide bonds. The van der Waals surface area contributed by atoms with Crippen LogP contribution in [0.25, 0.3) is 0 Å². The molecule has 2 aliphatic rings. The Bertz CT molecular complexity index is 436. The minimum Gasteiger partial charge on any atom is -0.294 e. The fourth-order valence-corrected chi connectivity index (χ4v) is 4.54. The normalized spacial score (nSPS) is 23.4. The van der Waals surface area contributed by atoms with Crippen LogP contribution in [-0.2, 0) is 0 Å². The van der Waals surface area contributed by atoms with Gasteiger partial charge in [0.25, 0.3) is 0 Å². The first-order chi connectivity index (χ1) is 9.83. The maximum atomic E-state index is 13.2. The van der Waals surface area contributed by atoms with Crippen molar-refractivity contribution in [2.45, 2.75) is 64.2 Å². The summed E-state index contributed by atoms with van der Waals surface area (Å²) in [5.41, 5.74) is 0.917. The Morgan fingerprint density at radius 3 is 2.10 bits per heavy atom. The third kappa shape index (κ3) is 2.55. The van der Waals surface area contributed by atoms with E-state index >= 15 is 0 Å². The van der Waals surface area contributed by atoms with Crippen LogP contribution in [0, 0.1) is 11.3 Å². The smallest absolute Gasteiger partial charge is 0.169 e. The molecule has 108 valence electrons. The zero-order valence-electron chi connectivity index (χ0n) is 12.4. The Hall–Kier alpha value is -1.11. The minimum absolute atomic E-state index is 0.0278. The molecule has 0 atom stereocenters. The van der Waals surface area contributed by atoms with Crippen molar-refractivity contribution in [1.29, 1.82) is 0 Å². The van der Waals surface area contributed by atoms with Gasteiger partial charge < -0.3 is 0 Å². The molecular formula is C19H26O. The van der Waals surface area contributed by atoms with Crippen LogP contribution >= 0.6 is 0 Å². The molecule has 0 aromatic heterocycles. The highest BCUT2D eigenvalue weighted by atomic mass is 16.1. The van der Waals surface area contributed by atoms with Gasteiger partial charge in [-0.3, -0.25) is 4.79 Å². The Morgan fingerprint density at radius 2 is 1.45 bits per heavy atom. The molecule has 3 rings (SSSR count). The van der Waals surface area contributed by atoms with Gasteiger partial charge in [0.2, 0.25) is 0 Å². The second-order valence-electron chi connectivity index (χ2n) is 6.75. The summed E-state index contributed by atoms with van der Waals surface area (Å²) in [4.78, 5) is 13.2. The molecule has 0 N–H and O–H groups in total. The van der Waals surface area contributed by atoms with E-state index in [0.29, 0.717) is 11.7 Å². The topological polar surface area (TPSA) is 17.1 Å². The van der Waals surface area contributed by atoms with Gasteiger partial charge in [-0.1, -0.05) is 68.9 Å². The van der Waals surface area contributed by atoms with Gasteiger partial charge in [0.05, 0.1) is 0 Å². The van der Waals surface area contributed by atoms with Crippen molar-refractivity contribution in [3.63, 3.8) is 0 Å². The molecule has 0 saturated heterocycles. The van der Waals surface area contributed by atoms with Gasteiger partial charge in [-0.25, -0.2) is 0 Å². The van der Waals surface area contributed by atoms with Gasteiger partial charge in [-0.15, -0.1) is 0 Å². The van der Waals surface area contributed by atoms with Crippen molar-refractivity contribution in [1.82, 2.24) is 0 Å². The lowest BCUT2D eigenvalue weighted by Crippen LogP contribution is -2.41. The fraction of sp³-hybridized carbons (Fsp3) is 0.632. The Balaban J connectivity index is 1.90. The summed E-state index contributed by atoms with van der Waals surface area (Å²) >= 11 is 0. The van der Waals surface area contributed by atoms with E-state index in [1.807, 2.05) is 30.3 Å². The van der Waals surface area contributed by atoms with Crippen LogP contribution in [0.15, 0.2) is 30.3 Å². The number of rotatable bonds is 3. The van der Waals surface area contributed by atoms with Gasteiger partial charge in [0, 0.05) is 11.0 Å². The second kappa shape index (κ2) is 6.11. The molecule has 0 heterocycles. The maximum Gasteiger partial charge on any atom is 0.169 e. The number of hydrogen-bond donors (Lipinski definition) is 0. The lowest BCUT2D eigenvalue weighted by atomic mass is 9.59. The van der Waals surface area contributed by atoms with Crippen LogP contribution in [0.1, 0.15) is 74.6 Å². The summed E-state index contributed by atoms with van der Waals surface area (Å²) in [5.74, 6) is 1.09. The molecule has 0 spiro atoms. The van der Waals surface area contributed by atoms with Gasteiger partial charge >= 0.3 is 0 Å². The third-order valence-corrected chi connectivity index (χ3v) is 5.62. The van der Waals surface area contributed by atoms with E-state index in [2.05, 4.69) is 0 Å². The average molecular weight is 270 g/mol. The molecule has 1 heteroatoms. The molecular weight excluding hydrogens is 244 g/mol. The first-order valence-corrected chi connectivity index (χ1v) is 8.43. The van der Waals surface area contributed by atoms with Crippen LogP contribution in [0.4, 0.5) is 0 Å². The summed E-state index contributed by atoms with van der Waals surface area (Å²) in [5, 5.41) is 0. The van der Waals surface area contributed by atoms with Crippen LogP contribution in [-0.4, -0.2) is 5.78 Å². The standard InChI is InChI=1S/C19H26O/c20-18(16-10-4-1-5-11-16)19(14-8-3-9-15-19)17-12-6-2-7-13-17/h1,4-5,10-11,17H,2-3,6-9,12-15H2. The van der Waals surface area contributed by atoms with E-state index in [-0.39, 0.29) is 5.41 Å². The predicted molar refractivity (Wildman–Crippen MR) is 82.9 cm³/mol. The van der Waals surface area contributed by atoms with Gasteiger partial charge in [0.1, 0.15) is 0 Å². The molecule has 0 bridgehead atoms. The molecule has 0 unspecified atom stereocenters. The molecule has 0 aliphatic heterocycles. The van der Waals surface area contributed by atoms with Crippen molar-refractivity contribution in [2.75, 3.05) is 0 Å². The van der Waals surface area contributed by atoms with Crippen molar-refractivity contribution in [3.05, 3.63) is 35.9 Å². The van der Waals surface area contributed by atoms with Gasteiger partial charge in [-0.05, 0) is 31.6 Å². The monoisotopic (exact) mass is 270 g/mol. The van der Waals surface area contributed by atoms with Crippen molar-refractivity contribution >= 4 is 5.78 Å². The summed E-state index contributed by atoms with van der Waals surface area (Å²) in [7, 11) is 0. The molecule has 2 fully saturated rings. The Kier molecular flexibility index (Phi) is 4.24. The van der Waals surface area contributed by atoms with Crippen molar-refractivity contribution in [2.24, 2.45) is 11.3 Å². The van der Waals surface area contributed by atoms with E-state index in [1.165, 1.54) is 51.4 Å². The number of ketones is 1. The van der Waals surface area contributed by atoms with Crippen LogP contribution in [0.3, 0.4) is 0 Å². The van der Waals surface area contributed by atoms with E-state index in [1.54, 1.807) is 0 Å². The van der Waals surface area contributed by atoms with Crippen molar-refractivity contribution in [3.8, 4) is 0 Å². The first-order valence-electron chi connectivity index (χ1n) is 8.43. The van der Waals surface area contributed by atoms with E-state index < -0.39 is 0 Å². The fourth-order valence-electron chi connectivity index (χ4n) is 4.54.